The first-order valence-electron chi connectivity index (χ1n) is 9.67. The third-order valence-electron chi connectivity index (χ3n) is 4.96. The molecule has 1 N–H and O–H groups in total. The summed E-state index contributed by atoms with van der Waals surface area (Å²) in [7, 11) is 1.82. The quantitative estimate of drug-likeness (QED) is 0.529. The molecule has 29 heavy (non-hydrogen) atoms. The zero-order valence-electron chi connectivity index (χ0n) is 16.7. The highest BCUT2D eigenvalue weighted by Crippen LogP contribution is 2.11. The van der Waals surface area contributed by atoms with Crippen LogP contribution in [0.1, 0.15) is 11.4 Å². The minimum absolute atomic E-state index is 0.672. The number of piperazine rings is 1. The third kappa shape index (κ3) is 4.34. The molecule has 1 aliphatic rings. The van der Waals surface area contributed by atoms with Crippen LogP contribution in [-0.4, -0.2) is 68.6 Å². The molecule has 0 atom stereocenters. The number of anilines is 1. The summed E-state index contributed by atoms with van der Waals surface area (Å²) in [5, 5.41) is 3.44. The van der Waals surface area contributed by atoms with Gasteiger partial charge in [-0.25, -0.2) is 19.9 Å². The molecule has 1 fully saturated rings. The summed E-state index contributed by atoms with van der Waals surface area (Å²) in [6, 6.07) is 5.92. The van der Waals surface area contributed by atoms with Gasteiger partial charge in [-0.3, -0.25) is 9.56 Å². The highest BCUT2D eigenvalue weighted by Gasteiger charge is 2.21. The summed E-state index contributed by atoms with van der Waals surface area (Å²) in [6.07, 6.45) is 9.14. The average molecular weight is 391 g/mol. The SMILES string of the molecule is CN=C(NCc1ccc(-n2ccnc2C)nc1)N1CCN(c2ncccn2)CC1. The van der Waals surface area contributed by atoms with E-state index in [9.17, 15) is 0 Å². The van der Waals surface area contributed by atoms with Crippen molar-refractivity contribution in [1.29, 1.82) is 0 Å². The van der Waals surface area contributed by atoms with Crippen LogP contribution < -0.4 is 10.2 Å². The Morgan fingerprint density at radius 2 is 1.83 bits per heavy atom. The monoisotopic (exact) mass is 391 g/mol. The highest BCUT2D eigenvalue weighted by molar-refractivity contribution is 5.80. The van der Waals surface area contributed by atoms with E-state index in [0.717, 1.165) is 55.3 Å². The second kappa shape index (κ2) is 8.68. The van der Waals surface area contributed by atoms with E-state index in [0.29, 0.717) is 6.54 Å². The van der Waals surface area contributed by atoms with Crippen LogP contribution >= 0.6 is 0 Å². The minimum atomic E-state index is 0.672. The smallest absolute Gasteiger partial charge is 0.225 e. The second-order valence-electron chi connectivity index (χ2n) is 6.79. The van der Waals surface area contributed by atoms with Crippen molar-refractivity contribution in [3.63, 3.8) is 0 Å². The molecule has 0 spiro atoms. The van der Waals surface area contributed by atoms with Crippen LogP contribution in [0.5, 0.6) is 0 Å². The normalized spacial score (nSPS) is 14.9. The number of aromatic nitrogens is 5. The fourth-order valence-corrected chi connectivity index (χ4v) is 3.37. The number of hydrogen-bond donors (Lipinski definition) is 1. The number of aliphatic imine (C=N–C) groups is 1. The molecule has 9 nitrogen and oxygen atoms in total. The van der Waals surface area contributed by atoms with Crippen LogP contribution in [0.15, 0.2) is 54.2 Å². The summed E-state index contributed by atoms with van der Waals surface area (Å²) >= 11 is 0. The summed E-state index contributed by atoms with van der Waals surface area (Å²) < 4.78 is 1.96. The molecule has 0 radical (unpaired) electrons. The summed E-state index contributed by atoms with van der Waals surface area (Å²) in [4.78, 5) is 26.4. The molecular weight excluding hydrogens is 366 g/mol. The number of imidazole rings is 1. The van der Waals surface area contributed by atoms with Crippen molar-refractivity contribution >= 4 is 11.9 Å². The Hall–Kier alpha value is -3.49. The van der Waals surface area contributed by atoms with Crippen LogP contribution in [0.2, 0.25) is 0 Å². The number of guanidine groups is 1. The maximum absolute atomic E-state index is 4.55. The van der Waals surface area contributed by atoms with Crippen molar-refractivity contribution in [1.82, 2.24) is 34.7 Å². The molecule has 1 aliphatic heterocycles. The third-order valence-corrected chi connectivity index (χ3v) is 4.96. The molecule has 9 heteroatoms. The maximum atomic E-state index is 4.55. The maximum Gasteiger partial charge on any atom is 0.225 e. The van der Waals surface area contributed by atoms with E-state index < -0.39 is 0 Å². The number of rotatable bonds is 4. The van der Waals surface area contributed by atoms with Gasteiger partial charge in [-0.05, 0) is 24.6 Å². The van der Waals surface area contributed by atoms with E-state index in [1.54, 1.807) is 18.6 Å². The molecule has 4 rings (SSSR count). The lowest BCUT2D eigenvalue weighted by atomic mass is 10.2. The standard InChI is InChI=1S/C20H25N9/c1-16-22-8-9-29(16)18-5-4-17(14-25-18)15-26-19(21-2)27-10-12-28(13-11-27)20-23-6-3-7-24-20/h3-9,14H,10-13,15H2,1-2H3,(H,21,26). The lowest BCUT2D eigenvalue weighted by Crippen LogP contribution is -2.52. The average Bonchev–Trinajstić information content (AvgIpc) is 3.21. The first-order valence-corrected chi connectivity index (χ1v) is 9.67. The Labute approximate surface area is 170 Å². The molecule has 150 valence electrons. The Balaban J connectivity index is 1.31. The fraction of sp³-hybridized carbons (Fsp3) is 0.350. The molecule has 0 aliphatic carbocycles. The van der Waals surface area contributed by atoms with Gasteiger partial charge in [-0.1, -0.05) is 6.07 Å². The van der Waals surface area contributed by atoms with Gasteiger partial charge in [0, 0.05) is 70.8 Å². The van der Waals surface area contributed by atoms with Gasteiger partial charge in [-0.15, -0.1) is 0 Å². The number of pyridine rings is 1. The van der Waals surface area contributed by atoms with Crippen LogP contribution in [0, 0.1) is 6.92 Å². The van der Waals surface area contributed by atoms with Crippen LogP contribution in [0.3, 0.4) is 0 Å². The molecule has 0 amide bonds. The van der Waals surface area contributed by atoms with Crippen molar-refractivity contribution in [3.05, 3.63) is 60.6 Å². The van der Waals surface area contributed by atoms with Gasteiger partial charge in [0.25, 0.3) is 0 Å². The van der Waals surface area contributed by atoms with Gasteiger partial charge >= 0.3 is 0 Å². The van der Waals surface area contributed by atoms with Crippen molar-refractivity contribution in [2.75, 3.05) is 38.1 Å². The molecule has 3 aromatic rings. The largest absolute Gasteiger partial charge is 0.352 e. The number of nitrogens with zero attached hydrogens (tertiary/aromatic N) is 8. The van der Waals surface area contributed by atoms with Gasteiger partial charge in [0.2, 0.25) is 5.95 Å². The van der Waals surface area contributed by atoms with Gasteiger partial charge < -0.3 is 15.1 Å². The van der Waals surface area contributed by atoms with E-state index in [1.807, 2.05) is 43.1 Å². The molecule has 0 bridgehead atoms. The molecule has 3 aromatic heterocycles. The zero-order chi connectivity index (χ0) is 20.1. The van der Waals surface area contributed by atoms with E-state index in [1.165, 1.54) is 0 Å². The van der Waals surface area contributed by atoms with Crippen LogP contribution in [0.4, 0.5) is 5.95 Å². The molecule has 0 unspecified atom stereocenters. The Morgan fingerprint density at radius 1 is 1.03 bits per heavy atom. The van der Waals surface area contributed by atoms with Crippen LogP contribution in [-0.2, 0) is 6.54 Å². The Morgan fingerprint density at radius 3 is 2.45 bits per heavy atom. The molecule has 1 saturated heterocycles. The lowest BCUT2D eigenvalue weighted by molar-refractivity contribution is 0.370. The zero-order valence-corrected chi connectivity index (χ0v) is 16.7. The minimum Gasteiger partial charge on any atom is -0.352 e. The molecule has 0 saturated carbocycles. The molecular formula is C20H25N9. The van der Waals surface area contributed by atoms with E-state index in [-0.39, 0.29) is 0 Å². The second-order valence-corrected chi connectivity index (χ2v) is 6.79. The van der Waals surface area contributed by atoms with E-state index in [2.05, 4.69) is 46.1 Å². The van der Waals surface area contributed by atoms with Crippen molar-refractivity contribution < 1.29 is 0 Å². The topological polar surface area (TPSA) is 87.4 Å². The van der Waals surface area contributed by atoms with E-state index in [4.69, 9.17) is 0 Å². The predicted molar refractivity (Wildman–Crippen MR) is 112 cm³/mol. The summed E-state index contributed by atoms with van der Waals surface area (Å²) in [5.74, 6) is 3.47. The van der Waals surface area contributed by atoms with Gasteiger partial charge in [0.05, 0.1) is 0 Å². The number of aryl methyl sites for hydroxylation is 1. The number of hydrogen-bond acceptors (Lipinski definition) is 6. The summed E-state index contributed by atoms with van der Waals surface area (Å²) in [6.45, 7) is 6.11. The Kier molecular flexibility index (Phi) is 5.64. The first-order chi connectivity index (χ1) is 14.2. The molecule has 0 aromatic carbocycles. The van der Waals surface area contributed by atoms with Crippen molar-refractivity contribution in [2.45, 2.75) is 13.5 Å². The highest BCUT2D eigenvalue weighted by atomic mass is 15.4. The van der Waals surface area contributed by atoms with Gasteiger partial charge in [0.15, 0.2) is 5.96 Å². The van der Waals surface area contributed by atoms with Gasteiger partial charge in [0.1, 0.15) is 11.6 Å². The lowest BCUT2D eigenvalue weighted by Gasteiger charge is -2.36. The fourth-order valence-electron chi connectivity index (χ4n) is 3.37. The predicted octanol–water partition coefficient (Wildman–Crippen LogP) is 1.26. The molecule has 4 heterocycles. The Bertz CT molecular complexity index is 942. The van der Waals surface area contributed by atoms with Crippen molar-refractivity contribution in [3.8, 4) is 5.82 Å². The first kappa shape index (κ1) is 18.9. The van der Waals surface area contributed by atoms with Gasteiger partial charge in [-0.2, -0.15) is 0 Å². The van der Waals surface area contributed by atoms with Crippen molar-refractivity contribution in [2.24, 2.45) is 4.99 Å². The van der Waals surface area contributed by atoms with Crippen LogP contribution in [0.25, 0.3) is 5.82 Å². The van der Waals surface area contributed by atoms with E-state index >= 15 is 0 Å². The summed E-state index contributed by atoms with van der Waals surface area (Å²) in [5.41, 5.74) is 1.10. The number of nitrogens with one attached hydrogen (secondary N) is 1.